The van der Waals surface area contributed by atoms with E-state index in [9.17, 15) is 18.0 Å². The minimum Gasteiger partial charge on any atom is -0.492 e. The molecule has 0 aliphatic rings. The van der Waals surface area contributed by atoms with Crippen molar-refractivity contribution in [3.05, 3.63) is 82.3 Å². The Kier molecular flexibility index (Phi) is 13.1. The molecule has 1 N–H and O–H groups in total. The van der Waals surface area contributed by atoms with Gasteiger partial charge in [-0.15, -0.1) is 11.8 Å². The monoisotopic (exact) mass is 665 g/mol. The van der Waals surface area contributed by atoms with Crippen LogP contribution in [0.2, 0.25) is 10.0 Å². The maximum Gasteiger partial charge on any atom is 0.264 e. The fraction of sp³-hybridized carbons (Fsp3) is 0.355. The molecule has 0 aromatic heterocycles. The van der Waals surface area contributed by atoms with Gasteiger partial charge in [0, 0.05) is 28.0 Å². The number of ether oxygens (including phenoxy) is 1. The fourth-order valence-corrected chi connectivity index (χ4v) is 6.75. The first-order valence-corrected chi connectivity index (χ1v) is 17.4. The molecule has 2 amide bonds. The topological polar surface area (TPSA) is 96.0 Å². The lowest BCUT2D eigenvalue weighted by molar-refractivity contribution is -0.140. The number of rotatable bonds is 15. The molecule has 0 bridgehead atoms. The minimum absolute atomic E-state index is 0.0180. The Labute approximate surface area is 268 Å². The molecule has 0 aliphatic heterocycles. The third kappa shape index (κ3) is 8.81. The Balaban J connectivity index is 2.13. The molecule has 8 nitrogen and oxygen atoms in total. The van der Waals surface area contributed by atoms with E-state index in [1.165, 1.54) is 28.8 Å². The Bertz CT molecular complexity index is 1500. The van der Waals surface area contributed by atoms with Gasteiger partial charge in [0.05, 0.1) is 17.2 Å². The molecule has 232 valence electrons. The molecule has 0 spiro atoms. The highest BCUT2D eigenvalue weighted by Gasteiger charge is 2.35. The van der Waals surface area contributed by atoms with Crippen LogP contribution < -0.4 is 14.4 Å². The first kappa shape index (κ1) is 34.6. The number of sulfonamides is 1. The average Bonchev–Trinajstić information content (AvgIpc) is 3.00. The number of carbonyl (C=O) groups excluding carboxylic acids is 2. The standard InChI is InChI=1S/C31H37Cl2N3O5S2/c1-5-18-34-31(38)27(6-2)35(20-22-12-13-23(32)19-26(22)33)30(37)21-36(28-10-8-9-11-29(28)41-7-3)43(39,40)25-16-14-24(42-4)15-17-25/h8-17,19,27H,5-7,18,20-21H2,1-4H3,(H,34,38)/t27-/m0/s1. The van der Waals surface area contributed by atoms with E-state index in [1.54, 1.807) is 68.4 Å². The summed E-state index contributed by atoms with van der Waals surface area (Å²) in [6.45, 7) is 5.63. The van der Waals surface area contributed by atoms with Gasteiger partial charge in [0.1, 0.15) is 18.3 Å². The Morgan fingerprint density at radius 3 is 2.30 bits per heavy atom. The molecule has 0 saturated carbocycles. The van der Waals surface area contributed by atoms with Crippen molar-refractivity contribution in [2.24, 2.45) is 0 Å². The van der Waals surface area contributed by atoms with Gasteiger partial charge in [0.15, 0.2) is 0 Å². The molecule has 0 aliphatic carbocycles. The van der Waals surface area contributed by atoms with Gasteiger partial charge >= 0.3 is 0 Å². The minimum atomic E-state index is -4.25. The maximum absolute atomic E-state index is 14.3. The molecule has 43 heavy (non-hydrogen) atoms. The molecule has 0 heterocycles. The molecular formula is C31H37Cl2N3O5S2. The number of benzene rings is 3. The number of nitrogens with zero attached hydrogens (tertiary/aromatic N) is 2. The largest absolute Gasteiger partial charge is 0.492 e. The van der Waals surface area contributed by atoms with Crippen molar-refractivity contribution in [3.8, 4) is 5.75 Å². The van der Waals surface area contributed by atoms with Crippen molar-refractivity contribution in [3.63, 3.8) is 0 Å². The predicted molar refractivity (Wildman–Crippen MR) is 175 cm³/mol. The molecular weight excluding hydrogens is 629 g/mol. The summed E-state index contributed by atoms with van der Waals surface area (Å²) in [4.78, 5) is 29.8. The summed E-state index contributed by atoms with van der Waals surface area (Å²) in [7, 11) is -4.25. The van der Waals surface area contributed by atoms with Crippen LogP contribution >= 0.6 is 35.0 Å². The molecule has 1 atom stereocenters. The van der Waals surface area contributed by atoms with Crippen molar-refractivity contribution in [1.29, 1.82) is 0 Å². The van der Waals surface area contributed by atoms with Gasteiger partial charge in [0.25, 0.3) is 10.0 Å². The van der Waals surface area contributed by atoms with E-state index in [1.807, 2.05) is 13.2 Å². The van der Waals surface area contributed by atoms with Gasteiger partial charge in [-0.2, -0.15) is 0 Å². The van der Waals surface area contributed by atoms with Crippen molar-refractivity contribution in [1.82, 2.24) is 10.2 Å². The van der Waals surface area contributed by atoms with Crippen LogP contribution in [-0.2, 0) is 26.2 Å². The molecule has 0 unspecified atom stereocenters. The SMILES string of the molecule is CCCNC(=O)[C@H](CC)N(Cc1ccc(Cl)cc1Cl)C(=O)CN(c1ccccc1OCC)S(=O)(=O)c1ccc(SC)cc1. The highest BCUT2D eigenvalue weighted by Crippen LogP contribution is 2.33. The first-order valence-electron chi connectivity index (χ1n) is 14.0. The van der Waals surface area contributed by atoms with Gasteiger partial charge < -0.3 is 15.0 Å². The fourth-order valence-electron chi connectivity index (χ4n) is 4.45. The second-order valence-corrected chi connectivity index (χ2v) is 13.1. The zero-order valence-corrected chi connectivity index (χ0v) is 27.8. The number of thioether (sulfide) groups is 1. The van der Waals surface area contributed by atoms with Crippen LogP contribution in [0.15, 0.2) is 76.5 Å². The van der Waals surface area contributed by atoms with E-state index in [4.69, 9.17) is 27.9 Å². The Morgan fingerprint density at radius 2 is 1.70 bits per heavy atom. The summed E-state index contributed by atoms with van der Waals surface area (Å²) in [5, 5.41) is 3.62. The van der Waals surface area contributed by atoms with Gasteiger partial charge in [-0.25, -0.2) is 8.42 Å². The third-order valence-corrected chi connectivity index (χ3v) is 9.76. The zero-order chi connectivity index (χ0) is 31.6. The molecule has 3 aromatic carbocycles. The average molecular weight is 667 g/mol. The van der Waals surface area contributed by atoms with Crippen LogP contribution in [0.3, 0.4) is 0 Å². The number of amides is 2. The lowest BCUT2D eigenvalue weighted by Crippen LogP contribution is -2.52. The first-order chi connectivity index (χ1) is 20.6. The van der Waals surface area contributed by atoms with E-state index >= 15 is 0 Å². The van der Waals surface area contributed by atoms with Gasteiger partial charge in [-0.1, -0.05) is 55.2 Å². The summed E-state index contributed by atoms with van der Waals surface area (Å²) in [6.07, 6.45) is 2.91. The summed E-state index contributed by atoms with van der Waals surface area (Å²) >= 11 is 14.1. The van der Waals surface area contributed by atoms with Gasteiger partial charge in [0.2, 0.25) is 11.8 Å². The lowest BCUT2D eigenvalue weighted by atomic mass is 10.1. The van der Waals surface area contributed by atoms with Crippen LogP contribution in [0.5, 0.6) is 5.75 Å². The van der Waals surface area contributed by atoms with Crippen LogP contribution in [0.1, 0.15) is 39.2 Å². The van der Waals surface area contributed by atoms with Crippen molar-refractivity contribution in [2.45, 2.75) is 56.0 Å². The summed E-state index contributed by atoms with van der Waals surface area (Å²) < 4.78 is 35.2. The number of hydrogen-bond acceptors (Lipinski definition) is 6. The zero-order valence-electron chi connectivity index (χ0n) is 24.7. The maximum atomic E-state index is 14.3. The number of carbonyl (C=O) groups is 2. The summed E-state index contributed by atoms with van der Waals surface area (Å²) in [5.41, 5.74) is 0.775. The smallest absolute Gasteiger partial charge is 0.264 e. The second-order valence-electron chi connectivity index (χ2n) is 9.56. The molecule has 12 heteroatoms. The van der Waals surface area contributed by atoms with E-state index in [0.29, 0.717) is 40.7 Å². The van der Waals surface area contributed by atoms with Crippen LogP contribution in [-0.4, -0.2) is 57.1 Å². The molecule has 0 saturated heterocycles. The molecule has 0 radical (unpaired) electrons. The Hall–Kier alpha value is -2.92. The Morgan fingerprint density at radius 1 is 1.00 bits per heavy atom. The van der Waals surface area contributed by atoms with Crippen molar-refractivity contribution < 1.29 is 22.7 Å². The van der Waals surface area contributed by atoms with Crippen LogP contribution in [0.25, 0.3) is 0 Å². The van der Waals surface area contributed by atoms with Crippen molar-refractivity contribution >= 4 is 62.5 Å². The quantitative estimate of drug-likeness (QED) is 0.183. The van der Waals surface area contributed by atoms with Crippen molar-refractivity contribution in [2.75, 3.05) is 30.3 Å². The number of nitrogens with one attached hydrogen (secondary N) is 1. The third-order valence-electron chi connectivity index (χ3n) is 6.65. The highest BCUT2D eigenvalue weighted by atomic mass is 35.5. The molecule has 3 rings (SSSR count). The normalized spacial score (nSPS) is 12.0. The van der Waals surface area contributed by atoms with E-state index in [0.717, 1.165) is 9.20 Å². The van der Waals surface area contributed by atoms with Crippen LogP contribution in [0, 0.1) is 0 Å². The van der Waals surface area contributed by atoms with E-state index in [2.05, 4.69) is 5.32 Å². The summed E-state index contributed by atoms with van der Waals surface area (Å²) in [5.74, 6) is -0.609. The molecule has 0 fully saturated rings. The number of para-hydroxylation sites is 2. The van der Waals surface area contributed by atoms with E-state index < -0.39 is 28.5 Å². The summed E-state index contributed by atoms with van der Waals surface area (Å²) in [6, 6.07) is 17.1. The lowest BCUT2D eigenvalue weighted by Gasteiger charge is -2.33. The second kappa shape index (κ2) is 16.2. The number of hydrogen-bond donors (Lipinski definition) is 1. The highest BCUT2D eigenvalue weighted by molar-refractivity contribution is 7.98. The van der Waals surface area contributed by atoms with Gasteiger partial charge in [-0.05, 0) is 80.1 Å². The predicted octanol–water partition coefficient (Wildman–Crippen LogP) is 6.64. The van der Waals surface area contributed by atoms with Gasteiger partial charge in [-0.3, -0.25) is 13.9 Å². The van der Waals surface area contributed by atoms with Crippen LogP contribution in [0.4, 0.5) is 5.69 Å². The number of anilines is 1. The molecule has 3 aromatic rings. The van der Waals surface area contributed by atoms with E-state index in [-0.39, 0.29) is 29.6 Å². The number of halogens is 2.